The van der Waals surface area contributed by atoms with Crippen LogP contribution in [0, 0.1) is 0 Å². The average Bonchev–Trinajstić information content (AvgIpc) is 2.17. The van der Waals surface area contributed by atoms with Gasteiger partial charge in [0.2, 0.25) is 5.91 Å². The summed E-state index contributed by atoms with van der Waals surface area (Å²) in [6.07, 6.45) is 0.516. The van der Waals surface area contributed by atoms with Gasteiger partial charge in [0.05, 0.1) is 12.0 Å². The average molecular weight is 268 g/mol. The number of nitrogens with zero attached hydrogens (tertiary/aromatic N) is 1. The zero-order chi connectivity index (χ0) is 11.2. The molecule has 3 heteroatoms. The van der Waals surface area contributed by atoms with Crippen molar-refractivity contribution in [2.45, 2.75) is 25.8 Å². The van der Waals surface area contributed by atoms with Gasteiger partial charge in [0.1, 0.15) is 0 Å². The van der Waals surface area contributed by atoms with Crippen molar-refractivity contribution >= 4 is 21.8 Å². The molecule has 2 nitrogen and oxygen atoms in total. The number of carbonyl (C=O) groups excluding carboxylic acids is 1. The van der Waals surface area contributed by atoms with E-state index in [1.165, 1.54) is 5.56 Å². The van der Waals surface area contributed by atoms with E-state index in [0.29, 0.717) is 6.42 Å². The van der Waals surface area contributed by atoms with Crippen molar-refractivity contribution in [1.29, 1.82) is 0 Å². The van der Waals surface area contributed by atoms with Crippen LogP contribution in [-0.4, -0.2) is 17.9 Å². The van der Waals surface area contributed by atoms with E-state index in [0.717, 1.165) is 10.0 Å². The van der Waals surface area contributed by atoms with Crippen LogP contribution in [-0.2, 0) is 16.8 Å². The van der Waals surface area contributed by atoms with E-state index in [-0.39, 0.29) is 11.4 Å². The second-order valence-corrected chi connectivity index (χ2v) is 5.41. The Morgan fingerprint density at radius 1 is 1.40 bits per heavy atom. The molecule has 15 heavy (non-hydrogen) atoms. The number of rotatable bonds is 0. The van der Waals surface area contributed by atoms with Crippen LogP contribution in [0.25, 0.3) is 0 Å². The first-order chi connectivity index (χ1) is 6.93. The lowest BCUT2D eigenvalue weighted by Crippen LogP contribution is -2.47. The van der Waals surface area contributed by atoms with Crippen molar-refractivity contribution in [2.24, 2.45) is 0 Å². The number of fused-ring (bicyclic) bond motifs is 1. The molecule has 0 N–H and O–H groups in total. The van der Waals surface area contributed by atoms with Gasteiger partial charge in [-0.2, -0.15) is 0 Å². The Bertz CT molecular complexity index is 426. The van der Waals surface area contributed by atoms with Crippen LogP contribution >= 0.6 is 15.9 Å². The number of halogens is 1. The molecule has 0 aromatic heterocycles. The Balaban J connectivity index is 2.62. The second kappa shape index (κ2) is 3.34. The van der Waals surface area contributed by atoms with E-state index in [1.54, 1.807) is 0 Å². The van der Waals surface area contributed by atoms with Crippen molar-refractivity contribution in [3.8, 4) is 0 Å². The zero-order valence-electron chi connectivity index (χ0n) is 9.17. The fraction of sp³-hybridized carbons (Fsp3) is 0.417. The molecule has 0 fully saturated rings. The predicted octanol–water partition coefficient (Wildman–Crippen LogP) is 2.70. The fourth-order valence-corrected chi connectivity index (χ4v) is 2.41. The summed E-state index contributed by atoms with van der Waals surface area (Å²) in [6.45, 7) is 4.16. The Morgan fingerprint density at radius 3 is 2.73 bits per heavy atom. The number of amides is 1. The number of likely N-dealkylation sites (N-methyl/N-ethyl adjacent to an activating group) is 1. The molecule has 1 amide bonds. The van der Waals surface area contributed by atoms with Crippen LogP contribution in [0.4, 0.5) is 0 Å². The second-order valence-electron chi connectivity index (χ2n) is 4.49. The van der Waals surface area contributed by atoms with Gasteiger partial charge in [0.15, 0.2) is 0 Å². The molecule has 0 saturated carbocycles. The highest BCUT2D eigenvalue weighted by atomic mass is 79.9. The van der Waals surface area contributed by atoms with E-state index in [2.05, 4.69) is 35.8 Å². The third-order valence-electron chi connectivity index (χ3n) is 3.29. The van der Waals surface area contributed by atoms with E-state index >= 15 is 0 Å². The van der Waals surface area contributed by atoms with Crippen LogP contribution in [0.3, 0.4) is 0 Å². The number of carbonyl (C=O) groups is 1. The first kappa shape index (κ1) is 10.7. The summed E-state index contributed by atoms with van der Waals surface area (Å²) in [7, 11) is 1.87. The molecule has 0 saturated heterocycles. The molecule has 1 aliphatic heterocycles. The van der Waals surface area contributed by atoms with Crippen molar-refractivity contribution in [3.63, 3.8) is 0 Å². The summed E-state index contributed by atoms with van der Waals surface area (Å²) in [5.41, 5.74) is 2.17. The van der Waals surface area contributed by atoms with Gasteiger partial charge in [0, 0.05) is 11.5 Å². The standard InChI is InChI=1S/C12H14BrNO/c1-12(2)10-7-9(13)5-4-8(10)6-11(15)14(12)3/h4-5,7H,6H2,1-3H3. The van der Waals surface area contributed by atoms with Gasteiger partial charge >= 0.3 is 0 Å². The van der Waals surface area contributed by atoms with E-state index in [9.17, 15) is 4.79 Å². The lowest BCUT2D eigenvalue weighted by Gasteiger charge is -2.41. The lowest BCUT2D eigenvalue weighted by atomic mass is 9.83. The molecule has 1 aromatic rings. The van der Waals surface area contributed by atoms with E-state index in [1.807, 2.05) is 24.1 Å². The molecule has 1 heterocycles. The number of benzene rings is 1. The van der Waals surface area contributed by atoms with Crippen LogP contribution in [0.2, 0.25) is 0 Å². The van der Waals surface area contributed by atoms with E-state index in [4.69, 9.17) is 0 Å². The zero-order valence-corrected chi connectivity index (χ0v) is 10.8. The summed E-state index contributed by atoms with van der Waals surface area (Å²) in [6, 6.07) is 6.14. The highest BCUT2D eigenvalue weighted by molar-refractivity contribution is 9.10. The monoisotopic (exact) mass is 267 g/mol. The van der Waals surface area contributed by atoms with Gasteiger partial charge in [-0.3, -0.25) is 4.79 Å². The van der Waals surface area contributed by atoms with Crippen molar-refractivity contribution in [3.05, 3.63) is 33.8 Å². The quantitative estimate of drug-likeness (QED) is 0.708. The van der Waals surface area contributed by atoms with Crippen LogP contribution in [0.5, 0.6) is 0 Å². The highest BCUT2D eigenvalue weighted by Gasteiger charge is 2.36. The molecular weight excluding hydrogens is 254 g/mol. The molecule has 80 valence electrons. The number of hydrogen-bond acceptors (Lipinski definition) is 1. The molecule has 0 aliphatic carbocycles. The highest BCUT2D eigenvalue weighted by Crippen LogP contribution is 2.35. The van der Waals surface area contributed by atoms with Gasteiger partial charge in [-0.25, -0.2) is 0 Å². The van der Waals surface area contributed by atoms with Crippen molar-refractivity contribution in [1.82, 2.24) is 4.90 Å². The normalized spacial score (nSPS) is 18.9. The van der Waals surface area contributed by atoms with Gasteiger partial charge in [0.25, 0.3) is 0 Å². The smallest absolute Gasteiger partial charge is 0.227 e. The third kappa shape index (κ3) is 1.59. The minimum Gasteiger partial charge on any atom is -0.336 e. The lowest BCUT2D eigenvalue weighted by molar-refractivity contribution is -0.135. The molecule has 0 bridgehead atoms. The first-order valence-electron chi connectivity index (χ1n) is 4.98. The van der Waals surface area contributed by atoms with Crippen LogP contribution < -0.4 is 0 Å². The summed E-state index contributed by atoms with van der Waals surface area (Å²) in [4.78, 5) is 13.6. The van der Waals surface area contributed by atoms with Gasteiger partial charge in [-0.05, 0) is 37.1 Å². The Hall–Kier alpha value is -0.830. The summed E-state index contributed by atoms with van der Waals surface area (Å²) in [5.74, 6) is 0.190. The molecule has 2 rings (SSSR count). The Kier molecular flexibility index (Phi) is 2.38. The maximum Gasteiger partial charge on any atom is 0.227 e. The summed E-state index contributed by atoms with van der Waals surface area (Å²) < 4.78 is 1.07. The maximum atomic E-state index is 11.8. The van der Waals surface area contributed by atoms with Gasteiger partial charge < -0.3 is 4.90 Å². The summed E-state index contributed by atoms with van der Waals surface area (Å²) >= 11 is 3.47. The SMILES string of the molecule is CN1C(=O)Cc2ccc(Br)cc2C1(C)C. The van der Waals surface area contributed by atoms with Crippen molar-refractivity contribution in [2.75, 3.05) is 7.05 Å². The summed E-state index contributed by atoms with van der Waals surface area (Å²) in [5, 5.41) is 0. The van der Waals surface area contributed by atoms with Gasteiger partial charge in [-0.15, -0.1) is 0 Å². The topological polar surface area (TPSA) is 20.3 Å². The van der Waals surface area contributed by atoms with E-state index < -0.39 is 0 Å². The fourth-order valence-electron chi connectivity index (χ4n) is 2.05. The largest absolute Gasteiger partial charge is 0.336 e. The van der Waals surface area contributed by atoms with Crippen molar-refractivity contribution < 1.29 is 4.79 Å². The minimum atomic E-state index is -0.214. The van der Waals surface area contributed by atoms with Gasteiger partial charge in [-0.1, -0.05) is 22.0 Å². The number of hydrogen-bond donors (Lipinski definition) is 0. The minimum absolute atomic E-state index is 0.190. The maximum absolute atomic E-state index is 11.8. The molecule has 0 unspecified atom stereocenters. The molecule has 0 radical (unpaired) electrons. The Morgan fingerprint density at radius 2 is 2.07 bits per heavy atom. The van der Waals surface area contributed by atoms with Crippen LogP contribution in [0.1, 0.15) is 25.0 Å². The molecular formula is C12H14BrNO. The third-order valence-corrected chi connectivity index (χ3v) is 3.78. The molecule has 1 aliphatic rings. The predicted molar refractivity (Wildman–Crippen MR) is 63.6 cm³/mol. The Labute approximate surface area is 98.4 Å². The first-order valence-corrected chi connectivity index (χ1v) is 5.78. The molecule has 0 spiro atoms. The molecule has 1 aromatic carbocycles. The molecule has 0 atom stereocenters. The van der Waals surface area contributed by atoms with Crippen LogP contribution in [0.15, 0.2) is 22.7 Å².